The number of nitrogens with zero attached hydrogens (tertiary/aromatic N) is 1. The van der Waals surface area contributed by atoms with Gasteiger partial charge in [0.2, 0.25) is 21.8 Å². The third-order valence-corrected chi connectivity index (χ3v) is 6.49. The molecule has 2 rings (SSSR count). The van der Waals surface area contributed by atoms with Gasteiger partial charge in [0, 0.05) is 13.1 Å². The summed E-state index contributed by atoms with van der Waals surface area (Å²) in [4.78, 5) is 24.4. The first-order chi connectivity index (χ1) is 14.3. The summed E-state index contributed by atoms with van der Waals surface area (Å²) in [7, 11) is -2.27. The van der Waals surface area contributed by atoms with Crippen molar-refractivity contribution in [2.45, 2.75) is 25.2 Å². The number of sulfonamides is 1. The molecule has 0 bridgehead atoms. The maximum Gasteiger partial charge on any atom is 0.243 e. The Morgan fingerprint density at radius 2 is 1.67 bits per heavy atom. The molecule has 2 aromatic rings. The number of hydrogen-bond acceptors (Lipinski definition) is 5. The van der Waals surface area contributed by atoms with Crippen LogP contribution >= 0.6 is 0 Å². The van der Waals surface area contributed by atoms with Crippen molar-refractivity contribution >= 4 is 27.5 Å². The van der Waals surface area contributed by atoms with Crippen molar-refractivity contribution < 1.29 is 22.7 Å². The van der Waals surface area contributed by atoms with Gasteiger partial charge < -0.3 is 15.4 Å². The molecule has 2 aromatic carbocycles. The molecule has 9 heteroatoms. The van der Waals surface area contributed by atoms with Gasteiger partial charge in [-0.2, -0.15) is 4.31 Å². The normalized spacial score (nSPS) is 11.2. The van der Waals surface area contributed by atoms with Crippen LogP contribution in [0.1, 0.15) is 19.4 Å². The third kappa shape index (κ3) is 6.04. The maximum atomic E-state index is 12.7. The van der Waals surface area contributed by atoms with Crippen LogP contribution in [0.15, 0.2) is 53.4 Å². The molecular formula is C21H27N3O5S. The predicted molar refractivity (Wildman–Crippen MR) is 115 cm³/mol. The van der Waals surface area contributed by atoms with Crippen molar-refractivity contribution in [1.29, 1.82) is 0 Å². The van der Waals surface area contributed by atoms with E-state index in [4.69, 9.17) is 4.74 Å². The second kappa shape index (κ2) is 10.7. The van der Waals surface area contributed by atoms with Crippen LogP contribution in [0.3, 0.4) is 0 Å². The lowest BCUT2D eigenvalue weighted by Gasteiger charge is -2.19. The second-order valence-electron chi connectivity index (χ2n) is 6.44. The van der Waals surface area contributed by atoms with Crippen LogP contribution in [0.25, 0.3) is 0 Å². The van der Waals surface area contributed by atoms with Gasteiger partial charge in [-0.3, -0.25) is 9.59 Å². The molecule has 0 aliphatic heterocycles. The van der Waals surface area contributed by atoms with Gasteiger partial charge in [0.25, 0.3) is 0 Å². The average molecular weight is 434 g/mol. The summed E-state index contributed by atoms with van der Waals surface area (Å²) < 4.78 is 32.0. The largest absolute Gasteiger partial charge is 0.495 e. The van der Waals surface area contributed by atoms with Crippen LogP contribution in [0.2, 0.25) is 0 Å². The lowest BCUT2D eigenvalue weighted by atomic mass is 10.1. The van der Waals surface area contributed by atoms with Crippen LogP contribution in [-0.2, 0) is 26.0 Å². The zero-order valence-corrected chi connectivity index (χ0v) is 18.2. The summed E-state index contributed by atoms with van der Waals surface area (Å²) in [6.07, 6.45) is 0.162. The van der Waals surface area contributed by atoms with Crippen molar-refractivity contribution in [1.82, 2.24) is 9.62 Å². The molecule has 0 aliphatic rings. The van der Waals surface area contributed by atoms with Gasteiger partial charge in [-0.15, -0.1) is 0 Å². The molecule has 0 atom stereocenters. The van der Waals surface area contributed by atoms with Crippen LogP contribution in [0.4, 0.5) is 5.69 Å². The number of hydrogen-bond donors (Lipinski definition) is 2. The number of amides is 2. The summed E-state index contributed by atoms with van der Waals surface area (Å²) in [6.45, 7) is 3.93. The topological polar surface area (TPSA) is 105 Å². The number of rotatable bonds is 10. The van der Waals surface area contributed by atoms with Crippen LogP contribution in [0, 0.1) is 0 Å². The predicted octanol–water partition coefficient (Wildman–Crippen LogP) is 2.02. The standard InChI is InChI=1S/C21H27N3O5S/c1-4-24(5-2)30(27,28)17-11-12-19(29-3)18(14-17)23-21(26)15-22-20(25)13-16-9-7-6-8-10-16/h6-12,14H,4-5,13,15H2,1-3H3,(H,22,25)(H,23,26). The summed E-state index contributed by atoms with van der Waals surface area (Å²) >= 11 is 0. The molecular weight excluding hydrogens is 406 g/mol. The molecule has 2 amide bonds. The Kier molecular flexibility index (Phi) is 8.37. The monoisotopic (exact) mass is 433 g/mol. The van der Waals surface area contributed by atoms with Crippen molar-refractivity contribution in [3.05, 3.63) is 54.1 Å². The van der Waals surface area contributed by atoms with E-state index in [-0.39, 0.29) is 29.5 Å². The number of nitrogens with one attached hydrogen (secondary N) is 2. The Morgan fingerprint density at radius 3 is 2.27 bits per heavy atom. The zero-order valence-electron chi connectivity index (χ0n) is 17.3. The second-order valence-corrected chi connectivity index (χ2v) is 8.38. The Balaban J connectivity index is 2.07. The lowest BCUT2D eigenvalue weighted by Crippen LogP contribution is -2.34. The molecule has 0 heterocycles. The SMILES string of the molecule is CCN(CC)S(=O)(=O)c1ccc(OC)c(NC(=O)CNC(=O)Cc2ccccc2)c1. The molecule has 0 aromatic heterocycles. The van der Waals surface area contributed by atoms with Crippen molar-refractivity contribution in [3.63, 3.8) is 0 Å². The molecule has 0 fully saturated rings. The maximum absolute atomic E-state index is 12.7. The van der Waals surface area contributed by atoms with Crippen LogP contribution < -0.4 is 15.4 Å². The molecule has 0 unspecified atom stereocenters. The number of carbonyl (C=O) groups is 2. The van der Waals surface area contributed by atoms with Gasteiger partial charge in [-0.25, -0.2) is 8.42 Å². The van der Waals surface area contributed by atoms with E-state index in [1.54, 1.807) is 13.8 Å². The minimum absolute atomic E-state index is 0.0513. The highest BCUT2D eigenvalue weighted by atomic mass is 32.2. The number of carbonyl (C=O) groups excluding carboxylic acids is 2. The smallest absolute Gasteiger partial charge is 0.243 e. The Bertz CT molecular complexity index is 973. The Hall–Kier alpha value is -2.91. The molecule has 0 saturated carbocycles. The first kappa shape index (κ1) is 23.4. The molecule has 162 valence electrons. The molecule has 0 saturated heterocycles. The summed E-state index contributed by atoms with van der Waals surface area (Å²) in [5, 5.41) is 5.16. The van der Waals surface area contributed by atoms with E-state index in [0.717, 1.165) is 5.56 Å². The van der Waals surface area contributed by atoms with Crippen molar-refractivity contribution in [3.8, 4) is 5.75 Å². The van der Waals surface area contributed by atoms with E-state index >= 15 is 0 Å². The van der Waals surface area contributed by atoms with E-state index in [2.05, 4.69) is 10.6 Å². The highest BCUT2D eigenvalue weighted by Crippen LogP contribution is 2.28. The highest BCUT2D eigenvalue weighted by Gasteiger charge is 2.23. The minimum Gasteiger partial charge on any atom is -0.495 e. The van der Waals surface area contributed by atoms with Gasteiger partial charge in [0.05, 0.1) is 30.7 Å². The van der Waals surface area contributed by atoms with E-state index in [9.17, 15) is 18.0 Å². The third-order valence-electron chi connectivity index (χ3n) is 4.44. The fourth-order valence-corrected chi connectivity index (χ4v) is 4.36. The summed E-state index contributed by atoms with van der Waals surface area (Å²) in [5.41, 5.74) is 1.06. The van der Waals surface area contributed by atoms with Crippen LogP contribution in [0.5, 0.6) is 5.75 Å². The molecule has 8 nitrogen and oxygen atoms in total. The summed E-state index contributed by atoms with van der Waals surface area (Å²) in [6, 6.07) is 13.5. The number of benzene rings is 2. The fourth-order valence-electron chi connectivity index (χ4n) is 2.87. The summed E-state index contributed by atoms with van der Waals surface area (Å²) in [5.74, 6) is -0.467. The van der Waals surface area contributed by atoms with Gasteiger partial charge in [0.1, 0.15) is 5.75 Å². The Labute approximate surface area is 177 Å². The quantitative estimate of drug-likeness (QED) is 0.597. The van der Waals surface area contributed by atoms with Crippen LogP contribution in [-0.4, -0.2) is 51.3 Å². The molecule has 2 N–H and O–H groups in total. The number of methoxy groups -OCH3 is 1. The zero-order chi connectivity index (χ0) is 22.1. The molecule has 30 heavy (non-hydrogen) atoms. The lowest BCUT2D eigenvalue weighted by molar-refractivity contribution is -0.123. The van der Waals surface area contributed by atoms with Gasteiger partial charge >= 0.3 is 0 Å². The average Bonchev–Trinajstić information content (AvgIpc) is 2.73. The van der Waals surface area contributed by atoms with Gasteiger partial charge in [0.15, 0.2) is 0 Å². The Morgan fingerprint density at radius 1 is 1.00 bits per heavy atom. The van der Waals surface area contributed by atoms with Crippen molar-refractivity contribution in [2.75, 3.05) is 32.1 Å². The minimum atomic E-state index is -3.69. The molecule has 0 spiro atoms. The van der Waals surface area contributed by atoms with Gasteiger partial charge in [-0.1, -0.05) is 44.2 Å². The highest BCUT2D eigenvalue weighted by molar-refractivity contribution is 7.89. The number of anilines is 1. The molecule has 0 aliphatic carbocycles. The van der Waals surface area contributed by atoms with E-state index in [1.807, 2.05) is 30.3 Å². The van der Waals surface area contributed by atoms with E-state index in [0.29, 0.717) is 18.8 Å². The van der Waals surface area contributed by atoms with Gasteiger partial charge in [-0.05, 0) is 23.8 Å². The first-order valence-corrected chi connectivity index (χ1v) is 11.0. The van der Waals surface area contributed by atoms with E-state index in [1.165, 1.54) is 29.6 Å². The first-order valence-electron chi connectivity index (χ1n) is 9.60. The fraction of sp³-hybridized carbons (Fsp3) is 0.333. The van der Waals surface area contributed by atoms with E-state index < -0.39 is 15.9 Å². The van der Waals surface area contributed by atoms with Crippen molar-refractivity contribution in [2.24, 2.45) is 0 Å². The number of ether oxygens (including phenoxy) is 1. The molecule has 0 radical (unpaired) electrons.